The van der Waals surface area contributed by atoms with Crippen molar-refractivity contribution in [2.75, 3.05) is 24.3 Å². The first-order valence-corrected chi connectivity index (χ1v) is 10.1. The number of rotatable bonds is 9. The number of carbonyl (C=O) groups is 1. The summed E-state index contributed by atoms with van der Waals surface area (Å²) in [5, 5.41) is 3.80. The van der Waals surface area contributed by atoms with Gasteiger partial charge in [0, 0.05) is 31.5 Å². The zero-order valence-electron chi connectivity index (χ0n) is 15.6. The fraction of sp³-hybridized carbons (Fsp3) is 0.350. The van der Waals surface area contributed by atoms with E-state index in [1.807, 2.05) is 41.8 Å². The Morgan fingerprint density at radius 3 is 2.93 bits per heavy atom. The van der Waals surface area contributed by atoms with Crippen LogP contribution in [-0.4, -0.2) is 39.4 Å². The number of para-hydroxylation sites is 2. The summed E-state index contributed by atoms with van der Waals surface area (Å²) in [6, 6.07) is 11.4. The van der Waals surface area contributed by atoms with Gasteiger partial charge >= 0.3 is 0 Å². The lowest BCUT2D eigenvalue weighted by molar-refractivity contribution is 0.102. The number of carbonyl (C=O) groups excluding carboxylic acids is 1. The molecule has 3 rings (SSSR count). The highest BCUT2D eigenvalue weighted by molar-refractivity contribution is 7.99. The van der Waals surface area contributed by atoms with Crippen molar-refractivity contribution in [1.29, 1.82) is 0 Å². The summed E-state index contributed by atoms with van der Waals surface area (Å²) in [6.45, 7) is 6.15. The highest BCUT2D eigenvalue weighted by Crippen LogP contribution is 2.21. The van der Waals surface area contributed by atoms with Crippen LogP contribution in [0.15, 0.2) is 47.6 Å². The fourth-order valence-electron chi connectivity index (χ4n) is 2.82. The topological polar surface area (TPSA) is 69.0 Å². The molecule has 2 aromatic heterocycles. The fourth-order valence-corrected chi connectivity index (χ4v) is 3.46. The molecule has 27 heavy (non-hydrogen) atoms. The van der Waals surface area contributed by atoms with Crippen LogP contribution in [-0.2, 0) is 11.3 Å². The Morgan fingerprint density at radius 1 is 1.26 bits per heavy atom. The molecule has 0 aliphatic rings. The average molecular weight is 385 g/mol. The molecule has 1 amide bonds. The molecule has 0 saturated carbocycles. The molecule has 0 radical (unpaired) electrons. The van der Waals surface area contributed by atoms with Crippen molar-refractivity contribution in [2.24, 2.45) is 0 Å². The maximum atomic E-state index is 12.7. The number of anilines is 1. The van der Waals surface area contributed by atoms with Gasteiger partial charge in [-0.15, -0.1) is 11.8 Å². The van der Waals surface area contributed by atoms with Crippen LogP contribution in [0, 0.1) is 0 Å². The maximum absolute atomic E-state index is 12.7. The van der Waals surface area contributed by atoms with E-state index in [2.05, 4.69) is 22.2 Å². The van der Waals surface area contributed by atoms with E-state index in [1.165, 1.54) is 0 Å². The van der Waals surface area contributed by atoms with Crippen molar-refractivity contribution >= 4 is 34.7 Å². The maximum Gasteiger partial charge on any atom is 0.258 e. The number of amides is 1. The van der Waals surface area contributed by atoms with Gasteiger partial charge in [0.05, 0.1) is 16.1 Å². The molecule has 0 fully saturated rings. The van der Waals surface area contributed by atoms with Gasteiger partial charge in [-0.3, -0.25) is 10.1 Å². The molecule has 0 bridgehead atoms. The van der Waals surface area contributed by atoms with E-state index in [1.54, 1.807) is 24.0 Å². The SMILES string of the molecule is CCOCCCn1c(NC(=O)c2ccnc(SCC)c2)nc2ccccc21. The van der Waals surface area contributed by atoms with Crippen LogP contribution in [0.3, 0.4) is 0 Å². The summed E-state index contributed by atoms with van der Waals surface area (Å²) in [7, 11) is 0. The third-order valence-corrected chi connectivity index (χ3v) is 4.85. The van der Waals surface area contributed by atoms with Crippen LogP contribution in [0.5, 0.6) is 0 Å². The number of pyridine rings is 1. The molecule has 0 spiro atoms. The highest BCUT2D eigenvalue weighted by Gasteiger charge is 2.14. The first-order chi connectivity index (χ1) is 13.2. The van der Waals surface area contributed by atoms with Gasteiger partial charge in [0.1, 0.15) is 0 Å². The summed E-state index contributed by atoms with van der Waals surface area (Å²) < 4.78 is 7.48. The first kappa shape index (κ1) is 19.4. The van der Waals surface area contributed by atoms with Gasteiger partial charge in [0.15, 0.2) is 0 Å². The van der Waals surface area contributed by atoms with Crippen LogP contribution < -0.4 is 5.32 Å². The second kappa shape index (κ2) is 9.53. The molecule has 0 aliphatic heterocycles. The number of imidazole rings is 1. The number of aromatic nitrogens is 3. The minimum absolute atomic E-state index is 0.184. The second-order valence-electron chi connectivity index (χ2n) is 5.90. The smallest absolute Gasteiger partial charge is 0.258 e. The number of ether oxygens (including phenoxy) is 1. The molecule has 0 aliphatic carbocycles. The molecule has 7 heteroatoms. The minimum atomic E-state index is -0.184. The average Bonchev–Trinajstić information content (AvgIpc) is 3.03. The predicted molar refractivity (Wildman–Crippen MR) is 109 cm³/mol. The number of thioether (sulfide) groups is 1. The lowest BCUT2D eigenvalue weighted by atomic mass is 10.2. The summed E-state index contributed by atoms with van der Waals surface area (Å²) in [6.07, 6.45) is 2.52. The van der Waals surface area contributed by atoms with Crippen molar-refractivity contribution in [2.45, 2.75) is 31.8 Å². The Morgan fingerprint density at radius 2 is 2.11 bits per heavy atom. The monoisotopic (exact) mass is 384 g/mol. The van der Waals surface area contributed by atoms with Gasteiger partial charge in [-0.1, -0.05) is 19.1 Å². The van der Waals surface area contributed by atoms with Gasteiger partial charge in [0.2, 0.25) is 5.95 Å². The first-order valence-electron chi connectivity index (χ1n) is 9.16. The number of nitrogens with zero attached hydrogens (tertiary/aromatic N) is 3. The molecule has 0 unspecified atom stereocenters. The van der Waals surface area contributed by atoms with E-state index < -0.39 is 0 Å². The third-order valence-electron chi connectivity index (χ3n) is 4.04. The van der Waals surface area contributed by atoms with Crippen LogP contribution in [0.1, 0.15) is 30.6 Å². The van der Waals surface area contributed by atoms with Gasteiger partial charge in [-0.25, -0.2) is 9.97 Å². The lowest BCUT2D eigenvalue weighted by Gasteiger charge is -2.10. The van der Waals surface area contributed by atoms with Crippen molar-refractivity contribution in [1.82, 2.24) is 14.5 Å². The van der Waals surface area contributed by atoms with Gasteiger partial charge in [0.25, 0.3) is 5.91 Å². The molecule has 2 heterocycles. The quantitative estimate of drug-likeness (QED) is 0.442. The molecule has 1 N–H and O–H groups in total. The minimum Gasteiger partial charge on any atom is -0.382 e. The van der Waals surface area contributed by atoms with Crippen molar-refractivity contribution in [3.05, 3.63) is 48.2 Å². The van der Waals surface area contributed by atoms with Crippen LogP contribution in [0.2, 0.25) is 0 Å². The number of hydrogen-bond acceptors (Lipinski definition) is 5. The van der Waals surface area contributed by atoms with Crippen molar-refractivity contribution < 1.29 is 9.53 Å². The van der Waals surface area contributed by atoms with Crippen LogP contribution in [0.4, 0.5) is 5.95 Å². The normalized spacial score (nSPS) is 11.0. The Bertz CT molecular complexity index is 910. The molecule has 3 aromatic rings. The summed E-state index contributed by atoms with van der Waals surface area (Å²) >= 11 is 1.61. The largest absolute Gasteiger partial charge is 0.382 e. The molecule has 0 atom stereocenters. The summed E-state index contributed by atoms with van der Waals surface area (Å²) in [4.78, 5) is 21.6. The zero-order valence-corrected chi connectivity index (χ0v) is 16.5. The van der Waals surface area contributed by atoms with E-state index in [4.69, 9.17) is 4.74 Å². The standard InChI is InChI=1S/C20H24N4O2S/c1-3-26-13-7-12-24-17-9-6-5-8-16(17)22-20(24)23-19(25)15-10-11-21-18(14-15)27-4-2/h5-6,8-11,14H,3-4,7,12-13H2,1-2H3,(H,22,23,25). The second-order valence-corrected chi connectivity index (χ2v) is 7.18. The molecule has 142 valence electrons. The molecular weight excluding hydrogens is 360 g/mol. The van der Waals surface area contributed by atoms with Crippen molar-refractivity contribution in [3.8, 4) is 0 Å². The van der Waals surface area contributed by atoms with E-state index in [0.717, 1.165) is 34.8 Å². The number of benzene rings is 1. The van der Waals surface area contributed by atoms with E-state index in [-0.39, 0.29) is 5.91 Å². The van der Waals surface area contributed by atoms with Gasteiger partial charge in [-0.05, 0) is 43.4 Å². The lowest BCUT2D eigenvalue weighted by Crippen LogP contribution is -2.16. The third kappa shape index (κ3) is 4.87. The predicted octanol–water partition coefficient (Wildman–Crippen LogP) is 4.22. The van der Waals surface area contributed by atoms with E-state index >= 15 is 0 Å². The highest BCUT2D eigenvalue weighted by atomic mass is 32.2. The molecular formula is C20H24N4O2S. The van der Waals surface area contributed by atoms with Gasteiger partial charge in [-0.2, -0.15) is 0 Å². The van der Waals surface area contributed by atoms with Gasteiger partial charge < -0.3 is 9.30 Å². The number of hydrogen-bond donors (Lipinski definition) is 1. The van der Waals surface area contributed by atoms with Crippen LogP contribution in [0.25, 0.3) is 11.0 Å². The molecule has 6 nitrogen and oxygen atoms in total. The van der Waals surface area contributed by atoms with Crippen LogP contribution >= 0.6 is 11.8 Å². The Labute approximate surface area is 163 Å². The van der Waals surface area contributed by atoms with E-state index in [9.17, 15) is 4.79 Å². The Balaban J connectivity index is 1.82. The number of nitrogens with one attached hydrogen (secondary N) is 1. The number of fused-ring (bicyclic) bond motifs is 1. The zero-order chi connectivity index (χ0) is 19.1. The van der Waals surface area contributed by atoms with E-state index in [0.29, 0.717) is 24.7 Å². The number of aryl methyl sites for hydroxylation is 1. The molecule has 0 saturated heterocycles. The summed E-state index contributed by atoms with van der Waals surface area (Å²) in [5.41, 5.74) is 2.44. The van der Waals surface area contributed by atoms with Crippen molar-refractivity contribution in [3.63, 3.8) is 0 Å². The summed E-state index contributed by atoms with van der Waals surface area (Å²) in [5.74, 6) is 1.28. The molecule has 1 aromatic carbocycles. The Kier molecular flexibility index (Phi) is 6.84. The Hall–Kier alpha value is -2.38.